The second kappa shape index (κ2) is 6.45. The maximum Gasteiger partial charge on any atom is 0.191 e. The number of hydrogen-bond acceptors (Lipinski definition) is 3. The normalized spacial score (nSPS) is 15.3. The number of hydrazone groups is 1. The van der Waals surface area contributed by atoms with Crippen LogP contribution in [0.1, 0.15) is 24.0 Å². The van der Waals surface area contributed by atoms with Crippen LogP contribution >= 0.6 is 12.2 Å². The summed E-state index contributed by atoms with van der Waals surface area (Å²) >= 11 is 5.25. The molecule has 1 aromatic carbocycles. The molecule has 0 atom stereocenters. The maximum absolute atomic E-state index is 5.25. The van der Waals surface area contributed by atoms with E-state index in [1.165, 1.54) is 11.1 Å². The fourth-order valence-electron chi connectivity index (χ4n) is 2.43. The van der Waals surface area contributed by atoms with Crippen LogP contribution in [0.25, 0.3) is 0 Å². The number of thiocarbonyl (C=S) groups is 1. The zero-order valence-corrected chi connectivity index (χ0v) is 12.4. The molecule has 4 nitrogen and oxygen atoms in total. The Kier molecular flexibility index (Phi) is 4.21. The zero-order chi connectivity index (χ0) is 14.5. The van der Waals surface area contributed by atoms with E-state index in [1.54, 1.807) is 12.4 Å². The lowest BCUT2D eigenvalue weighted by Gasteiger charge is -2.17. The van der Waals surface area contributed by atoms with Crippen LogP contribution in [0, 0.1) is 0 Å². The van der Waals surface area contributed by atoms with Gasteiger partial charge in [-0.25, -0.2) is 0 Å². The molecule has 0 saturated carbocycles. The van der Waals surface area contributed by atoms with E-state index in [0.717, 1.165) is 30.7 Å². The Morgan fingerprint density at radius 3 is 2.90 bits per heavy atom. The summed E-state index contributed by atoms with van der Waals surface area (Å²) in [6.07, 6.45) is 6.66. The van der Waals surface area contributed by atoms with Gasteiger partial charge >= 0.3 is 0 Å². The molecule has 1 heterocycles. The van der Waals surface area contributed by atoms with Gasteiger partial charge in [-0.1, -0.05) is 24.3 Å². The summed E-state index contributed by atoms with van der Waals surface area (Å²) in [5.74, 6) is 0. The molecule has 0 fully saturated rings. The number of pyridine rings is 1. The third-order valence-corrected chi connectivity index (χ3v) is 3.59. The number of aryl methyl sites for hydroxylation is 1. The van der Waals surface area contributed by atoms with Crippen molar-refractivity contribution in [1.82, 2.24) is 10.4 Å². The molecule has 3 rings (SSSR count). The Hall–Kier alpha value is -2.27. The second-order valence-electron chi connectivity index (χ2n) is 4.88. The SMILES string of the molecule is S=C(N/N=C1\CCCc2ccccc21)Nc1cccnc1. The Morgan fingerprint density at radius 1 is 1.14 bits per heavy atom. The molecule has 2 aromatic rings. The van der Waals surface area contributed by atoms with Crippen LogP contribution in [0.15, 0.2) is 53.9 Å². The van der Waals surface area contributed by atoms with E-state index in [-0.39, 0.29) is 0 Å². The summed E-state index contributed by atoms with van der Waals surface area (Å²) in [7, 11) is 0. The predicted octanol–water partition coefficient (Wildman–Crippen LogP) is 3.11. The quantitative estimate of drug-likeness (QED) is 0.660. The first kappa shape index (κ1) is 13.7. The average molecular weight is 296 g/mol. The highest BCUT2D eigenvalue weighted by molar-refractivity contribution is 7.80. The number of benzene rings is 1. The lowest BCUT2D eigenvalue weighted by Crippen LogP contribution is -2.26. The van der Waals surface area contributed by atoms with Crippen LogP contribution in [0.2, 0.25) is 0 Å². The molecular formula is C16H16N4S. The van der Waals surface area contributed by atoms with Gasteiger partial charge in [-0.15, -0.1) is 0 Å². The first-order chi connectivity index (χ1) is 10.3. The van der Waals surface area contributed by atoms with Gasteiger partial charge in [-0.05, 0) is 49.2 Å². The van der Waals surface area contributed by atoms with Crippen molar-refractivity contribution in [3.8, 4) is 0 Å². The summed E-state index contributed by atoms with van der Waals surface area (Å²) in [5.41, 5.74) is 7.41. The predicted molar refractivity (Wildman–Crippen MR) is 89.5 cm³/mol. The van der Waals surface area contributed by atoms with Crippen molar-refractivity contribution >= 4 is 28.7 Å². The third kappa shape index (κ3) is 3.44. The largest absolute Gasteiger partial charge is 0.330 e. The van der Waals surface area contributed by atoms with E-state index in [9.17, 15) is 0 Å². The average Bonchev–Trinajstić information content (AvgIpc) is 2.54. The molecule has 0 aliphatic heterocycles. The number of aromatic nitrogens is 1. The summed E-state index contributed by atoms with van der Waals surface area (Å²) < 4.78 is 0. The molecule has 1 aromatic heterocycles. The topological polar surface area (TPSA) is 49.3 Å². The van der Waals surface area contributed by atoms with Crippen molar-refractivity contribution in [2.24, 2.45) is 5.10 Å². The van der Waals surface area contributed by atoms with Gasteiger partial charge in [0.15, 0.2) is 5.11 Å². The number of anilines is 1. The monoisotopic (exact) mass is 296 g/mol. The van der Waals surface area contributed by atoms with E-state index in [2.05, 4.69) is 39.0 Å². The highest BCUT2D eigenvalue weighted by Gasteiger charge is 2.14. The minimum atomic E-state index is 0.471. The summed E-state index contributed by atoms with van der Waals surface area (Å²) in [5, 5.41) is 7.99. The minimum Gasteiger partial charge on any atom is -0.330 e. The number of hydrogen-bond donors (Lipinski definition) is 2. The first-order valence-electron chi connectivity index (χ1n) is 6.95. The molecule has 0 spiro atoms. The van der Waals surface area contributed by atoms with Gasteiger partial charge in [0.2, 0.25) is 0 Å². The lowest BCUT2D eigenvalue weighted by molar-refractivity contribution is 0.828. The molecule has 0 radical (unpaired) electrons. The molecule has 1 aliphatic rings. The molecule has 1 aliphatic carbocycles. The van der Waals surface area contributed by atoms with Crippen LogP contribution in [0.3, 0.4) is 0 Å². The summed E-state index contributed by atoms with van der Waals surface area (Å²) in [4.78, 5) is 4.03. The highest BCUT2D eigenvalue weighted by Crippen LogP contribution is 2.21. The molecule has 0 bridgehead atoms. The van der Waals surface area contributed by atoms with Crippen LogP contribution in [-0.4, -0.2) is 15.8 Å². The Labute approximate surface area is 129 Å². The fraction of sp³-hybridized carbons (Fsp3) is 0.188. The van der Waals surface area contributed by atoms with Gasteiger partial charge in [-0.3, -0.25) is 10.4 Å². The summed E-state index contributed by atoms with van der Waals surface area (Å²) in [6.45, 7) is 0. The molecule has 21 heavy (non-hydrogen) atoms. The number of fused-ring (bicyclic) bond motifs is 1. The lowest BCUT2D eigenvalue weighted by atomic mass is 9.90. The van der Waals surface area contributed by atoms with Gasteiger partial charge in [0.1, 0.15) is 0 Å². The van der Waals surface area contributed by atoms with Gasteiger partial charge in [0.25, 0.3) is 0 Å². The van der Waals surface area contributed by atoms with Gasteiger partial charge in [0.05, 0.1) is 17.6 Å². The number of rotatable bonds is 2. The molecule has 0 unspecified atom stereocenters. The Bertz CT molecular complexity index is 667. The fourth-order valence-corrected chi connectivity index (χ4v) is 2.59. The smallest absolute Gasteiger partial charge is 0.191 e. The molecule has 5 heteroatoms. The molecule has 0 amide bonds. The maximum atomic E-state index is 5.25. The van der Waals surface area contributed by atoms with Gasteiger partial charge in [-0.2, -0.15) is 5.10 Å². The van der Waals surface area contributed by atoms with E-state index >= 15 is 0 Å². The Balaban J connectivity index is 1.68. The van der Waals surface area contributed by atoms with E-state index < -0.39 is 0 Å². The third-order valence-electron chi connectivity index (χ3n) is 3.40. The van der Waals surface area contributed by atoms with Crippen molar-refractivity contribution in [1.29, 1.82) is 0 Å². The molecule has 0 saturated heterocycles. The summed E-state index contributed by atoms with van der Waals surface area (Å²) in [6, 6.07) is 12.2. The molecule has 2 N–H and O–H groups in total. The number of nitrogens with zero attached hydrogens (tertiary/aromatic N) is 2. The van der Waals surface area contributed by atoms with Crippen molar-refractivity contribution in [2.45, 2.75) is 19.3 Å². The first-order valence-corrected chi connectivity index (χ1v) is 7.35. The van der Waals surface area contributed by atoms with Crippen molar-refractivity contribution in [3.63, 3.8) is 0 Å². The van der Waals surface area contributed by atoms with Crippen LogP contribution in [-0.2, 0) is 6.42 Å². The van der Waals surface area contributed by atoms with E-state index in [0.29, 0.717) is 5.11 Å². The van der Waals surface area contributed by atoms with Crippen LogP contribution in [0.4, 0.5) is 5.69 Å². The number of nitrogens with one attached hydrogen (secondary N) is 2. The van der Waals surface area contributed by atoms with Crippen molar-refractivity contribution in [2.75, 3.05) is 5.32 Å². The van der Waals surface area contributed by atoms with E-state index in [4.69, 9.17) is 12.2 Å². The zero-order valence-electron chi connectivity index (χ0n) is 11.5. The highest BCUT2D eigenvalue weighted by atomic mass is 32.1. The second-order valence-corrected chi connectivity index (χ2v) is 5.29. The van der Waals surface area contributed by atoms with Crippen LogP contribution < -0.4 is 10.7 Å². The van der Waals surface area contributed by atoms with Gasteiger partial charge in [0, 0.05) is 11.8 Å². The van der Waals surface area contributed by atoms with Crippen LogP contribution in [0.5, 0.6) is 0 Å². The van der Waals surface area contributed by atoms with Gasteiger partial charge < -0.3 is 5.32 Å². The Morgan fingerprint density at radius 2 is 2.05 bits per heavy atom. The molecule has 106 valence electrons. The molecular weight excluding hydrogens is 280 g/mol. The minimum absolute atomic E-state index is 0.471. The van der Waals surface area contributed by atoms with Crippen molar-refractivity contribution in [3.05, 3.63) is 59.9 Å². The standard InChI is InChI=1S/C16H16N4S/c21-16(18-13-7-4-10-17-11-13)20-19-15-9-3-6-12-5-1-2-8-14(12)15/h1-2,4-5,7-8,10-11H,3,6,9H2,(H2,18,20,21)/b19-15+. The van der Waals surface area contributed by atoms with Crippen molar-refractivity contribution < 1.29 is 0 Å². The van der Waals surface area contributed by atoms with E-state index in [1.807, 2.05) is 18.2 Å².